The van der Waals surface area contributed by atoms with Crippen molar-refractivity contribution < 1.29 is 59.5 Å². The van der Waals surface area contributed by atoms with Gasteiger partial charge in [0.1, 0.15) is 51.6 Å². The van der Waals surface area contributed by atoms with Crippen LogP contribution in [0.4, 0.5) is 26.3 Å². The third-order valence-corrected chi connectivity index (χ3v) is 10.4. The molecule has 0 fully saturated rings. The van der Waals surface area contributed by atoms with Crippen LogP contribution in [-0.2, 0) is 11.9 Å². The van der Waals surface area contributed by atoms with Gasteiger partial charge < -0.3 is 28.4 Å². The lowest BCUT2D eigenvalue weighted by molar-refractivity contribution is -0.275. The van der Waals surface area contributed by atoms with Crippen LogP contribution in [0, 0.1) is 6.92 Å². The van der Waals surface area contributed by atoms with Gasteiger partial charge in [-0.05, 0) is 61.0 Å². The molecule has 3 aromatic carbocycles. The van der Waals surface area contributed by atoms with Crippen molar-refractivity contribution in [2.45, 2.75) is 71.1 Å². The standard InChI is InChI=1S/C26H21ClF3NO5S.C14H13BrF3NO2/c1-13(2)23-18(22(31-36-23)17-6-4-5-7-20(17)35-26(28,29)30)12-34-15-8-9-16(19(27)11-15)24-14(3)10-21(37-24)25(32)33;1-8(2)13-10(7-15)12(19-21-13)9-5-3-4-6-11(9)20-14(16,17)18/h4-11,13H,12H2,1-3H3,(H,32,33);3-6,8H,7H2,1-2H3. The van der Waals surface area contributed by atoms with Crippen LogP contribution >= 0.6 is 38.9 Å². The van der Waals surface area contributed by atoms with E-state index in [0.29, 0.717) is 44.4 Å². The van der Waals surface area contributed by atoms with Gasteiger partial charge in [0.15, 0.2) is 0 Å². The molecule has 0 saturated heterocycles. The van der Waals surface area contributed by atoms with Gasteiger partial charge in [-0.3, -0.25) is 0 Å². The van der Waals surface area contributed by atoms with Gasteiger partial charge in [0.05, 0.1) is 10.6 Å². The summed E-state index contributed by atoms with van der Waals surface area (Å²) in [6.07, 6.45) is -9.63. The minimum Gasteiger partial charge on any atom is -0.489 e. The molecular formula is C40H34BrClF6N2O7S. The molecule has 6 rings (SSSR count). The van der Waals surface area contributed by atoms with Crippen LogP contribution < -0.4 is 14.2 Å². The van der Waals surface area contributed by atoms with E-state index in [-0.39, 0.29) is 45.9 Å². The van der Waals surface area contributed by atoms with Gasteiger partial charge in [-0.2, -0.15) is 0 Å². The number of carboxylic acid groups (broad SMARTS) is 1. The van der Waals surface area contributed by atoms with Crippen molar-refractivity contribution in [3.8, 4) is 50.2 Å². The van der Waals surface area contributed by atoms with Gasteiger partial charge in [0.2, 0.25) is 0 Å². The summed E-state index contributed by atoms with van der Waals surface area (Å²) in [7, 11) is 0. The monoisotopic (exact) mass is 914 g/mol. The number of ether oxygens (including phenoxy) is 3. The summed E-state index contributed by atoms with van der Waals surface area (Å²) in [6, 6.07) is 18.2. The highest BCUT2D eigenvalue weighted by molar-refractivity contribution is 9.08. The molecule has 1 N–H and O–H groups in total. The Labute approximate surface area is 345 Å². The Hall–Kier alpha value is -5.00. The number of hydrogen-bond acceptors (Lipinski definition) is 9. The van der Waals surface area contributed by atoms with Crippen LogP contribution in [0.15, 0.2) is 81.8 Å². The number of halogens is 8. The Bertz CT molecular complexity index is 2370. The van der Waals surface area contributed by atoms with Crippen molar-refractivity contribution in [2.75, 3.05) is 0 Å². The number of nitrogens with zero attached hydrogens (tertiary/aromatic N) is 2. The van der Waals surface area contributed by atoms with Crippen LogP contribution in [-0.4, -0.2) is 34.1 Å². The smallest absolute Gasteiger partial charge is 0.489 e. The van der Waals surface area contributed by atoms with Gasteiger partial charge in [0.25, 0.3) is 0 Å². The van der Waals surface area contributed by atoms with E-state index in [0.717, 1.165) is 27.3 Å². The number of aryl methyl sites for hydroxylation is 1. The number of para-hydroxylation sites is 2. The summed E-state index contributed by atoms with van der Waals surface area (Å²) in [5, 5.41) is 18.0. The molecule has 58 heavy (non-hydrogen) atoms. The number of carbonyl (C=O) groups is 1. The fourth-order valence-electron chi connectivity index (χ4n) is 5.78. The van der Waals surface area contributed by atoms with Crippen molar-refractivity contribution in [3.63, 3.8) is 0 Å². The van der Waals surface area contributed by atoms with Crippen molar-refractivity contribution in [2.24, 2.45) is 0 Å². The summed E-state index contributed by atoms with van der Waals surface area (Å²) in [5.74, 6) is -0.235. The number of aromatic carboxylic acids is 1. The van der Waals surface area contributed by atoms with Crippen LogP contribution in [0.1, 0.15) is 77.4 Å². The van der Waals surface area contributed by atoms with E-state index in [1.54, 1.807) is 43.3 Å². The topological polar surface area (TPSA) is 117 Å². The molecule has 0 spiro atoms. The summed E-state index contributed by atoms with van der Waals surface area (Å²) < 4.78 is 101. The molecule has 308 valence electrons. The number of hydrogen-bond donors (Lipinski definition) is 1. The Kier molecular flexibility index (Phi) is 13.9. The minimum absolute atomic E-state index is 0.0520. The molecule has 18 heteroatoms. The number of benzene rings is 3. The van der Waals surface area contributed by atoms with Crippen molar-refractivity contribution in [1.82, 2.24) is 10.3 Å². The molecule has 3 aromatic heterocycles. The number of thiophene rings is 1. The molecule has 0 amide bonds. The maximum Gasteiger partial charge on any atom is 0.573 e. The molecule has 6 aromatic rings. The summed E-state index contributed by atoms with van der Waals surface area (Å²) in [6.45, 7) is 9.34. The number of alkyl halides is 7. The quantitative estimate of drug-likeness (QED) is 0.0946. The van der Waals surface area contributed by atoms with E-state index in [9.17, 15) is 36.2 Å². The molecule has 0 aliphatic heterocycles. The molecule has 0 saturated carbocycles. The summed E-state index contributed by atoms with van der Waals surface area (Å²) in [5.41, 5.74) is 3.56. The van der Waals surface area contributed by atoms with Crippen LogP contribution in [0.5, 0.6) is 17.2 Å². The Morgan fingerprint density at radius 1 is 0.793 bits per heavy atom. The summed E-state index contributed by atoms with van der Waals surface area (Å²) in [4.78, 5) is 12.3. The van der Waals surface area contributed by atoms with Crippen molar-refractivity contribution in [1.29, 1.82) is 0 Å². The number of aromatic nitrogens is 2. The van der Waals surface area contributed by atoms with Crippen molar-refractivity contribution in [3.05, 3.63) is 111 Å². The van der Waals surface area contributed by atoms with Gasteiger partial charge in [-0.15, -0.1) is 37.7 Å². The molecule has 3 heterocycles. The Morgan fingerprint density at radius 2 is 1.29 bits per heavy atom. The predicted molar refractivity (Wildman–Crippen MR) is 209 cm³/mol. The second-order valence-corrected chi connectivity index (χ2v) is 15.2. The first-order valence-corrected chi connectivity index (χ1v) is 19.6. The zero-order chi connectivity index (χ0) is 42.5. The average molecular weight is 916 g/mol. The third-order valence-electron chi connectivity index (χ3n) is 8.25. The zero-order valence-corrected chi connectivity index (χ0v) is 34.4. The fourth-order valence-corrected chi connectivity index (χ4v) is 7.69. The van der Waals surface area contributed by atoms with Crippen LogP contribution in [0.25, 0.3) is 33.0 Å². The Balaban J connectivity index is 0.000000258. The molecule has 0 aliphatic carbocycles. The molecule has 0 atom stereocenters. The highest BCUT2D eigenvalue weighted by Crippen LogP contribution is 2.41. The zero-order valence-electron chi connectivity index (χ0n) is 31.2. The van der Waals surface area contributed by atoms with Crippen molar-refractivity contribution >= 4 is 44.8 Å². The normalized spacial score (nSPS) is 11.8. The van der Waals surface area contributed by atoms with Gasteiger partial charge >= 0.3 is 18.7 Å². The van der Waals surface area contributed by atoms with E-state index in [4.69, 9.17) is 25.4 Å². The van der Waals surface area contributed by atoms with E-state index >= 15 is 0 Å². The molecule has 0 radical (unpaired) electrons. The van der Waals surface area contributed by atoms with Crippen LogP contribution in [0.2, 0.25) is 5.02 Å². The molecule has 0 unspecified atom stereocenters. The van der Waals surface area contributed by atoms with E-state index in [1.807, 2.05) is 27.7 Å². The third kappa shape index (κ3) is 10.7. The second kappa shape index (κ2) is 18.3. The predicted octanol–water partition coefficient (Wildman–Crippen LogP) is 13.6. The van der Waals surface area contributed by atoms with E-state index < -0.39 is 24.4 Å². The fraction of sp³-hybridized carbons (Fsp3) is 0.275. The number of rotatable bonds is 12. The van der Waals surface area contributed by atoms with Crippen LogP contribution in [0.3, 0.4) is 0 Å². The maximum absolute atomic E-state index is 13.0. The minimum atomic E-state index is -4.87. The lowest BCUT2D eigenvalue weighted by Gasteiger charge is -2.14. The molecule has 9 nitrogen and oxygen atoms in total. The van der Waals surface area contributed by atoms with Gasteiger partial charge in [-0.25, -0.2) is 4.79 Å². The SMILES string of the molecule is CC(C)c1onc(-c2ccccc2OC(F)(F)F)c1CBr.Cc1cc(C(=O)O)sc1-c1ccc(OCc2c(-c3ccccc3OC(F)(F)F)noc2C(C)C)cc1Cl. The molecular weight excluding hydrogens is 882 g/mol. The highest BCUT2D eigenvalue weighted by atomic mass is 79.9. The first kappa shape index (κ1) is 44.1. The van der Waals surface area contributed by atoms with Gasteiger partial charge in [0, 0.05) is 44.3 Å². The molecule has 0 bridgehead atoms. The Morgan fingerprint density at radius 3 is 1.74 bits per heavy atom. The molecule has 0 aliphatic rings. The first-order chi connectivity index (χ1) is 27.3. The van der Waals surface area contributed by atoms with E-state index in [1.165, 1.54) is 36.4 Å². The maximum atomic E-state index is 13.0. The lowest BCUT2D eigenvalue weighted by Crippen LogP contribution is -2.17. The second-order valence-electron chi connectivity index (χ2n) is 13.1. The lowest BCUT2D eigenvalue weighted by atomic mass is 10.0. The van der Waals surface area contributed by atoms with Gasteiger partial charge in [-0.1, -0.05) is 89.8 Å². The number of carboxylic acids is 1. The summed E-state index contributed by atoms with van der Waals surface area (Å²) >= 11 is 11.0. The highest BCUT2D eigenvalue weighted by Gasteiger charge is 2.34. The largest absolute Gasteiger partial charge is 0.573 e. The average Bonchev–Trinajstić information content (AvgIpc) is 3.87. The first-order valence-electron chi connectivity index (χ1n) is 17.3. The van der Waals surface area contributed by atoms with E-state index in [2.05, 4.69) is 35.7 Å².